The van der Waals surface area contributed by atoms with Crippen molar-refractivity contribution in [2.75, 3.05) is 19.1 Å². The summed E-state index contributed by atoms with van der Waals surface area (Å²) in [5, 5.41) is 0.440. The fourth-order valence-corrected chi connectivity index (χ4v) is 4.51. The second-order valence-electron chi connectivity index (χ2n) is 6.61. The topological polar surface area (TPSA) is 55.8 Å². The summed E-state index contributed by atoms with van der Waals surface area (Å²) in [5.41, 5.74) is 1.29. The van der Waals surface area contributed by atoms with Gasteiger partial charge in [0.2, 0.25) is 0 Å². The third-order valence-electron chi connectivity index (χ3n) is 4.74. The molecule has 2 amide bonds. The highest BCUT2D eigenvalue weighted by Gasteiger charge is 2.40. The number of thioether (sulfide) groups is 1. The highest BCUT2D eigenvalue weighted by atomic mass is 35.5. The first kappa shape index (κ1) is 21.0. The monoisotopic (exact) mass is 451 g/mol. The molecule has 3 aromatic carbocycles. The van der Waals surface area contributed by atoms with Crippen molar-refractivity contribution in [3.63, 3.8) is 0 Å². The molecule has 1 heterocycles. The number of halogens is 1. The Kier molecular flexibility index (Phi) is 6.02. The molecule has 1 aliphatic rings. The quantitative estimate of drug-likeness (QED) is 0.467. The molecular weight excluding hydrogens is 434 g/mol. The van der Waals surface area contributed by atoms with Gasteiger partial charge in [-0.3, -0.25) is 9.59 Å². The van der Waals surface area contributed by atoms with Crippen LogP contribution in [0.1, 0.15) is 5.56 Å². The van der Waals surface area contributed by atoms with Crippen LogP contribution in [0.2, 0.25) is 5.02 Å². The highest BCUT2D eigenvalue weighted by Crippen LogP contribution is 2.43. The Morgan fingerprint density at radius 3 is 2.23 bits per heavy atom. The van der Waals surface area contributed by atoms with Crippen LogP contribution in [0.4, 0.5) is 5.69 Å². The van der Waals surface area contributed by atoms with Gasteiger partial charge in [0.05, 0.1) is 30.4 Å². The lowest BCUT2D eigenvalue weighted by Gasteiger charge is -2.15. The Hall–Kier alpha value is -3.22. The van der Waals surface area contributed by atoms with Crippen molar-refractivity contribution in [1.29, 1.82) is 0 Å². The molecule has 0 fully saturated rings. The molecule has 1 aliphatic heterocycles. The van der Waals surface area contributed by atoms with E-state index < -0.39 is 11.8 Å². The molecule has 0 unspecified atom stereocenters. The molecule has 156 valence electrons. The first-order chi connectivity index (χ1) is 15.0. The van der Waals surface area contributed by atoms with E-state index in [1.165, 1.54) is 18.9 Å². The fourth-order valence-electron chi connectivity index (χ4n) is 3.31. The predicted molar refractivity (Wildman–Crippen MR) is 123 cm³/mol. The SMILES string of the molecule is COc1ccc(C2=C(Sc3ccccc3)C(=O)N(c3cccc(Cl)c3)C2=O)cc1OC. The molecule has 0 aliphatic carbocycles. The Labute approximate surface area is 189 Å². The number of anilines is 1. The number of amides is 2. The molecule has 0 atom stereocenters. The number of rotatable bonds is 6. The highest BCUT2D eigenvalue weighted by molar-refractivity contribution is 8.04. The zero-order valence-electron chi connectivity index (χ0n) is 16.8. The van der Waals surface area contributed by atoms with Crippen molar-refractivity contribution in [3.8, 4) is 11.5 Å². The molecule has 7 heteroatoms. The van der Waals surface area contributed by atoms with Gasteiger partial charge in [-0.2, -0.15) is 0 Å². The molecule has 0 radical (unpaired) electrons. The average Bonchev–Trinajstić information content (AvgIpc) is 3.03. The maximum Gasteiger partial charge on any atom is 0.272 e. The minimum absolute atomic E-state index is 0.305. The van der Waals surface area contributed by atoms with E-state index in [4.69, 9.17) is 21.1 Å². The van der Waals surface area contributed by atoms with E-state index in [2.05, 4.69) is 0 Å². The number of carbonyl (C=O) groups is 2. The summed E-state index contributed by atoms with van der Waals surface area (Å²) in [5.74, 6) is 0.189. The van der Waals surface area contributed by atoms with Crippen LogP contribution in [0.5, 0.6) is 11.5 Å². The van der Waals surface area contributed by atoms with Gasteiger partial charge in [-0.05, 0) is 48.0 Å². The second kappa shape index (κ2) is 8.88. The van der Waals surface area contributed by atoms with Crippen LogP contribution < -0.4 is 14.4 Å². The van der Waals surface area contributed by atoms with Crippen LogP contribution in [0.15, 0.2) is 82.6 Å². The zero-order valence-corrected chi connectivity index (χ0v) is 18.4. The van der Waals surface area contributed by atoms with Gasteiger partial charge >= 0.3 is 0 Å². The number of benzene rings is 3. The van der Waals surface area contributed by atoms with Crippen molar-refractivity contribution in [3.05, 3.63) is 88.3 Å². The maximum atomic E-state index is 13.5. The smallest absolute Gasteiger partial charge is 0.272 e. The lowest BCUT2D eigenvalue weighted by Crippen LogP contribution is -2.31. The van der Waals surface area contributed by atoms with E-state index in [1.54, 1.807) is 49.6 Å². The molecule has 0 aromatic heterocycles. The molecule has 0 bridgehead atoms. The van der Waals surface area contributed by atoms with Gasteiger partial charge < -0.3 is 9.47 Å². The van der Waals surface area contributed by atoms with Crippen LogP contribution in [-0.4, -0.2) is 26.0 Å². The molecule has 5 nitrogen and oxygen atoms in total. The van der Waals surface area contributed by atoms with E-state index in [0.29, 0.717) is 38.3 Å². The summed E-state index contributed by atoms with van der Waals surface area (Å²) in [6.45, 7) is 0. The summed E-state index contributed by atoms with van der Waals surface area (Å²) in [7, 11) is 3.06. The zero-order chi connectivity index (χ0) is 22.0. The molecule has 0 saturated carbocycles. The summed E-state index contributed by atoms with van der Waals surface area (Å²) >= 11 is 7.37. The van der Waals surface area contributed by atoms with Crippen molar-refractivity contribution in [2.45, 2.75) is 4.90 Å². The first-order valence-electron chi connectivity index (χ1n) is 9.37. The largest absolute Gasteiger partial charge is 0.493 e. The Balaban J connectivity index is 1.85. The number of methoxy groups -OCH3 is 2. The van der Waals surface area contributed by atoms with E-state index in [1.807, 2.05) is 30.3 Å². The number of carbonyl (C=O) groups excluding carboxylic acids is 2. The molecule has 31 heavy (non-hydrogen) atoms. The van der Waals surface area contributed by atoms with Gasteiger partial charge in [0.15, 0.2) is 11.5 Å². The van der Waals surface area contributed by atoms with E-state index in [0.717, 1.165) is 9.80 Å². The number of imide groups is 1. The summed E-state index contributed by atoms with van der Waals surface area (Å²) in [6.07, 6.45) is 0. The minimum atomic E-state index is -0.419. The molecule has 0 N–H and O–H groups in total. The Bertz CT molecular complexity index is 1190. The third kappa shape index (κ3) is 4.04. The predicted octanol–water partition coefficient (Wildman–Crippen LogP) is 5.43. The lowest BCUT2D eigenvalue weighted by molar-refractivity contribution is -0.119. The Morgan fingerprint density at radius 2 is 1.55 bits per heavy atom. The second-order valence-corrected chi connectivity index (χ2v) is 8.13. The molecule has 0 saturated heterocycles. The summed E-state index contributed by atoms with van der Waals surface area (Å²) < 4.78 is 10.7. The number of hydrogen-bond donors (Lipinski definition) is 0. The van der Waals surface area contributed by atoms with Crippen LogP contribution in [0, 0.1) is 0 Å². The van der Waals surface area contributed by atoms with Crippen LogP contribution in [0.3, 0.4) is 0 Å². The maximum absolute atomic E-state index is 13.5. The number of hydrogen-bond acceptors (Lipinski definition) is 5. The van der Waals surface area contributed by atoms with Gasteiger partial charge in [0, 0.05) is 9.92 Å². The summed E-state index contributed by atoms with van der Waals surface area (Å²) in [4.78, 5) is 29.3. The summed E-state index contributed by atoms with van der Waals surface area (Å²) in [6, 6.07) is 21.3. The molecule has 3 aromatic rings. The minimum Gasteiger partial charge on any atom is -0.493 e. The number of ether oxygens (including phenoxy) is 2. The molecular formula is C24H18ClNO4S. The van der Waals surface area contributed by atoms with Gasteiger partial charge in [-0.25, -0.2) is 4.90 Å². The average molecular weight is 452 g/mol. The van der Waals surface area contributed by atoms with Gasteiger partial charge in [0.1, 0.15) is 0 Å². The van der Waals surface area contributed by atoms with Gasteiger partial charge in [0.25, 0.3) is 11.8 Å². The van der Waals surface area contributed by atoms with Crippen molar-refractivity contribution in [1.82, 2.24) is 0 Å². The molecule has 4 rings (SSSR count). The van der Waals surface area contributed by atoms with Crippen LogP contribution in [0.25, 0.3) is 5.57 Å². The van der Waals surface area contributed by atoms with Crippen LogP contribution in [-0.2, 0) is 9.59 Å². The molecule has 0 spiro atoms. The van der Waals surface area contributed by atoms with E-state index >= 15 is 0 Å². The van der Waals surface area contributed by atoms with E-state index in [-0.39, 0.29) is 0 Å². The van der Waals surface area contributed by atoms with Crippen molar-refractivity contribution >= 4 is 46.4 Å². The number of nitrogens with zero attached hydrogens (tertiary/aromatic N) is 1. The standard InChI is InChI=1S/C24H18ClNO4S/c1-29-19-12-11-15(13-20(19)30-2)21-22(31-18-9-4-3-5-10-18)24(28)26(23(21)27)17-8-6-7-16(25)14-17/h3-14H,1-2H3. The van der Waals surface area contributed by atoms with Crippen molar-refractivity contribution in [2.24, 2.45) is 0 Å². The Morgan fingerprint density at radius 1 is 0.806 bits per heavy atom. The first-order valence-corrected chi connectivity index (χ1v) is 10.6. The van der Waals surface area contributed by atoms with Crippen molar-refractivity contribution < 1.29 is 19.1 Å². The van der Waals surface area contributed by atoms with Gasteiger partial charge in [-0.1, -0.05) is 53.7 Å². The van der Waals surface area contributed by atoms with Gasteiger partial charge in [-0.15, -0.1) is 0 Å². The van der Waals surface area contributed by atoms with Crippen LogP contribution >= 0.6 is 23.4 Å². The van der Waals surface area contributed by atoms with E-state index in [9.17, 15) is 9.59 Å². The fraction of sp³-hybridized carbons (Fsp3) is 0.0833. The third-order valence-corrected chi connectivity index (χ3v) is 6.07. The normalized spacial score (nSPS) is 13.7. The lowest BCUT2D eigenvalue weighted by atomic mass is 10.1.